The molecule has 5 rings (SSSR count). The third-order valence-corrected chi connectivity index (χ3v) is 12.5. The van der Waals surface area contributed by atoms with E-state index in [1.807, 2.05) is 36.7 Å². The van der Waals surface area contributed by atoms with Gasteiger partial charge in [0.25, 0.3) is 0 Å². The summed E-state index contributed by atoms with van der Waals surface area (Å²) in [6, 6.07) is 16.3. The summed E-state index contributed by atoms with van der Waals surface area (Å²) in [5.41, 5.74) is 3.12. The Bertz CT molecular complexity index is 1690. The molecule has 0 N–H and O–H groups in total. The molecule has 0 radical (unpaired) electrons. The lowest BCUT2D eigenvalue weighted by atomic mass is 10.1. The van der Waals surface area contributed by atoms with E-state index in [0.29, 0.717) is 37.6 Å². The van der Waals surface area contributed by atoms with Crippen LogP contribution in [0.2, 0.25) is 0 Å². The van der Waals surface area contributed by atoms with Gasteiger partial charge in [-0.15, -0.1) is 45.3 Å². The molecule has 5 aromatic rings. The number of esters is 2. The molecule has 0 aliphatic carbocycles. The predicted octanol–water partition coefficient (Wildman–Crippen LogP) is 12.9. The molecule has 50 heavy (non-hydrogen) atoms. The van der Waals surface area contributed by atoms with E-state index in [0.717, 1.165) is 90.4 Å². The van der Waals surface area contributed by atoms with Crippen molar-refractivity contribution < 1.29 is 28.5 Å². The summed E-state index contributed by atoms with van der Waals surface area (Å²) >= 11 is 6.37. The van der Waals surface area contributed by atoms with Crippen LogP contribution in [0.15, 0.2) is 59.3 Å². The Morgan fingerprint density at radius 1 is 0.540 bits per heavy atom. The standard InChI is InChI=1S/C40H46O6S4/c1-5-9-11-13-21-45-31-25-30(34-16-18-36(50-34)38-28(20-24-48-38)40(42)44-8-4)32(46-22-14-12-10-6-2)26-29(31)33-15-17-35(49-33)37-27(19-23-47-37)39(41)43-7-3/h15-20,23-26H,5-14,21-22H2,1-4H3. The SMILES string of the molecule is CCCCCCOc1cc(-c2ccc(-c3sccc3C(=O)OCC)s2)c(OCCCCCC)cc1-c1ccc(-c2sccc2C(=O)OCC)s1. The van der Waals surface area contributed by atoms with Crippen LogP contribution in [0.4, 0.5) is 0 Å². The molecule has 0 saturated heterocycles. The Hall–Kier alpha value is -3.44. The summed E-state index contributed by atoms with van der Waals surface area (Å²) in [5, 5.41) is 3.87. The highest BCUT2D eigenvalue weighted by molar-refractivity contribution is 7.24. The molecule has 0 saturated carbocycles. The van der Waals surface area contributed by atoms with E-state index in [2.05, 4.69) is 50.2 Å². The second-order valence-electron chi connectivity index (χ2n) is 11.8. The minimum Gasteiger partial charge on any atom is -0.493 e. The summed E-state index contributed by atoms with van der Waals surface area (Å²) in [4.78, 5) is 31.3. The fourth-order valence-corrected chi connectivity index (χ4v) is 9.66. The fraction of sp³-hybridized carbons (Fsp3) is 0.400. The van der Waals surface area contributed by atoms with Crippen molar-refractivity contribution in [2.75, 3.05) is 26.4 Å². The van der Waals surface area contributed by atoms with Crippen molar-refractivity contribution >= 4 is 57.3 Å². The zero-order chi connectivity index (χ0) is 35.3. The van der Waals surface area contributed by atoms with Gasteiger partial charge in [-0.05, 0) is 86.0 Å². The van der Waals surface area contributed by atoms with Gasteiger partial charge in [0, 0.05) is 30.6 Å². The molecule has 0 fully saturated rings. The number of benzene rings is 1. The number of unbranched alkanes of at least 4 members (excludes halogenated alkanes) is 6. The number of rotatable bonds is 20. The van der Waals surface area contributed by atoms with Crippen molar-refractivity contribution in [3.63, 3.8) is 0 Å². The lowest BCUT2D eigenvalue weighted by Crippen LogP contribution is -2.03. The first kappa shape index (κ1) is 37.8. The highest BCUT2D eigenvalue weighted by atomic mass is 32.1. The van der Waals surface area contributed by atoms with Crippen LogP contribution in [0, 0.1) is 0 Å². The Balaban J connectivity index is 1.55. The molecule has 0 atom stereocenters. The van der Waals surface area contributed by atoms with Gasteiger partial charge in [0.15, 0.2) is 0 Å². The van der Waals surface area contributed by atoms with E-state index in [1.54, 1.807) is 45.3 Å². The predicted molar refractivity (Wildman–Crippen MR) is 211 cm³/mol. The molecule has 6 nitrogen and oxygen atoms in total. The van der Waals surface area contributed by atoms with Crippen LogP contribution >= 0.6 is 45.3 Å². The molecule has 0 amide bonds. The average molecular weight is 751 g/mol. The van der Waals surface area contributed by atoms with Crippen LogP contribution < -0.4 is 9.47 Å². The van der Waals surface area contributed by atoms with E-state index in [-0.39, 0.29) is 11.9 Å². The van der Waals surface area contributed by atoms with Crippen LogP contribution in [0.3, 0.4) is 0 Å². The summed E-state index contributed by atoms with van der Waals surface area (Å²) in [7, 11) is 0. The number of ether oxygens (including phenoxy) is 4. The van der Waals surface area contributed by atoms with Crippen molar-refractivity contribution in [2.24, 2.45) is 0 Å². The summed E-state index contributed by atoms with van der Waals surface area (Å²) in [6.07, 6.45) is 8.88. The van der Waals surface area contributed by atoms with Gasteiger partial charge in [-0.2, -0.15) is 0 Å². The second-order valence-corrected chi connectivity index (χ2v) is 15.8. The van der Waals surface area contributed by atoms with E-state index >= 15 is 0 Å². The third-order valence-electron chi connectivity index (χ3n) is 8.10. The van der Waals surface area contributed by atoms with Crippen molar-refractivity contribution in [3.8, 4) is 51.9 Å². The molecule has 0 unspecified atom stereocenters. The lowest BCUT2D eigenvalue weighted by Gasteiger charge is -2.17. The van der Waals surface area contributed by atoms with Gasteiger partial charge in [0.05, 0.1) is 47.3 Å². The highest BCUT2D eigenvalue weighted by Crippen LogP contribution is 2.48. The van der Waals surface area contributed by atoms with Gasteiger partial charge in [-0.1, -0.05) is 52.4 Å². The maximum atomic E-state index is 12.7. The molecule has 266 valence electrons. The van der Waals surface area contributed by atoms with Crippen LogP contribution in [0.25, 0.3) is 40.4 Å². The van der Waals surface area contributed by atoms with Crippen LogP contribution in [0.1, 0.15) is 99.8 Å². The maximum absolute atomic E-state index is 12.7. The maximum Gasteiger partial charge on any atom is 0.339 e. The van der Waals surface area contributed by atoms with Crippen molar-refractivity contribution in [1.29, 1.82) is 0 Å². The average Bonchev–Trinajstić information content (AvgIpc) is 3.94. The smallest absolute Gasteiger partial charge is 0.339 e. The Labute approximate surface area is 312 Å². The topological polar surface area (TPSA) is 71.1 Å². The molecular weight excluding hydrogens is 705 g/mol. The number of carbonyl (C=O) groups is 2. The lowest BCUT2D eigenvalue weighted by molar-refractivity contribution is 0.0518. The largest absolute Gasteiger partial charge is 0.493 e. The first-order valence-electron chi connectivity index (χ1n) is 17.6. The van der Waals surface area contributed by atoms with Gasteiger partial charge >= 0.3 is 11.9 Å². The monoisotopic (exact) mass is 750 g/mol. The molecule has 4 aromatic heterocycles. The summed E-state index contributed by atoms with van der Waals surface area (Å²) in [5.74, 6) is 1.01. The van der Waals surface area contributed by atoms with Crippen molar-refractivity contribution in [1.82, 2.24) is 0 Å². The number of thiophene rings is 4. The van der Waals surface area contributed by atoms with Gasteiger partial charge < -0.3 is 18.9 Å². The Kier molecular flexibility index (Phi) is 14.6. The molecule has 0 bridgehead atoms. The fourth-order valence-electron chi connectivity index (χ4n) is 5.55. The van der Waals surface area contributed by atoms with E-state index in [4.69, 9.17) is 18.9 Å². The molecular formula is C40H46O6S4. The molecule has 10 heteroatoms. The zero-order valence-electron chi connectivity index (χ0n) is 29.3. The van der Waals surface area contributed by atoms with Gasteiger partial charge in [0.1, 0.15) is 11.5 Å². The highest BCUT2D eigenvalue weighted by Gasteiger charge is 2.22. The summed E-state index contributed by atoms with van der Waals surface area (Å²) in [6.45, 7) is 9.98. The third kappa shape index (κ3) is 9.46. The molecule has 0 aliphatic heterocycles. The van der Waals surface area contributed by atoms with Crippen LogP contribution in [-0.4, -0.2) is 38.4 Å². The van der Waals surface area contributed by atoms with E-state index in [1.165, 1.54) is 12.8 Å². The minimum absolute atomic E-state index is 0.301. The summed E-state index contributed by atoms with van der Waals surface area (Å²) < 4.78 is 23.8. The molecule has 4 heterocycles. The number of hydrogen-bond acceptors (Lipinski definition) is 10. The van der Waals surface area contributed by atoms with Crippen LogP contribution in [0.5, 0.6) is 11.5 Å². The quantitative estimate of drug-likeness (QED) is 0.0583. The van der Waals surface area contributed by atoms with Crippen molar-refractivity contribution in [2.45, 2.75) is 79.1 Å². The number of carbonyl (C=O) groups excluding carboxylic acids is 2. The molecule has 1 aromatic carbocycles. The first-order chi connectivity index (χ1) is 24.5. The minimum atomic E-state index is -0.301. The van der Waals surface area contributed by atoms with Crippen molar-refractivity contribution in [3.05, 3.63) is 70.4 Å². The molecule has 0 spiro atoms. The normalized spacial score (nSPS) is 11.1. The zero-order valence-corrected chi connectivity index (χ0v) is 32.6. The molecule has 0 aliphatic rings. The second kappa shape index (κ2) is 19.2. The Morgan fingerprint density at radius 2 is 0.960 bits per heavy atom. The Morgan fingerprint density at radius 3 is 1.36 bits per heavy atom. The van der Waals surface area contributed by atoms with Gasteiger partial charge in [-0.25, -0.2) is 9.59 Å². The van der Waals surface area contributed by atoms with Gasteiger partial charge in [-0.3, -0.25) is 0 Å². The van der Waals surface area contributed by atoms with Gasteiger partial charge in [0.2, 0.25) is 0 Å². The number of hydrogen-bond donors (Lipinski definition) is 0. The van der Waals surface area contributed by atoms with Crippen LogP contribution in [-0.2, 0) is 9.47 Å². The van der Waals surface area contributed by atoms with E-state index < -0.39 is 0 Å². The van der Waals surface area contributed by atoms with E-state index in [9.17, 15) is 9.59 Å². The first-order valence-corrected chi connectivity index (χ1v) is 21.0.